The van der Waals surface area contributed by atoms with Gasteiger partial charge in [0.05, 0.1) is 16.8 Å². The first-order valence-corrected chi connectivity index (χ1v) is 7.27. The van der Waals surface area contributed by atoms with Gasteiger partial charge in [0.15, 0.2) is 0 Å². The van der Waals surface area contributed by atoms with Crippen molar-refractivity contribution in [1.29, 1.82) is 5.26 Å². The van der Waals surface area contributed by atoms with Crippen LogP contribution in [0.1, 0.15) is 15.9 Å². The highest BCUT2D eigenvalue weighted by atomic mass is 16.1. The Kier molecular flexibility index (Phi) is 4.21. The number of amides is 1. The van der Waals surface area contributed by atoms with Crippen LogP contribution in [0.15, 0.2) is 71.7 Å². The second-order valence-electron chi connectivity index (χ2n) is 5.11. The Bertz CT molecular complexity index is 985. The Labute approximate surface area is 138 Å². The number of rotatable bonds is 3. The van der Waals surface area contributed by atoms with Crippen LogP contribution in [0.4, 0.5) is 5.69 Å². The van der Waals surface area contributed by atoms with Gasteiger partial charge >= 0.3 is 0 Å². The number of pyridine rings is 1. The average Bonchev–Trinajstić information content (AvgIpc) is 2.63. The highest BCUT2D eigenvalue weighted by molar-refractivity contribution is 6.05. The first kappa shape index (κ1) is 15.3. The fourth-order valence-corrected chi connectivity index (χ4v) is 2.33. The van der Waals surface area contributed by atoms with Gasteiger partial charge in [0, 0.05) is 11.8 Å². The van der Waals surface area contributed by atoms with Crippen molar-refractivity contribution in [2.24, 2.45) is 0 Å². The number of anilines is 1. The molecule has 1 amide bonds. The van der Waals surface area contributed by atoms with Crippen molar-refractivity contribution >= 4 is 11.6 Å². The summed E-state index contributed by atoms with van der Waals surface area (Å²) in [6.07, 6.45) is 1.36. The van der Waals surface area contributed by atoms with Crippen LogP contribution in [0, 0.1) is 11.3 Å². The van der Waals surface area contributed by atoms with E-state index in [9.17, 15) is 9.59 Å². The van der Waals surface area contributed by atoms with E-state index >= 15 is 0 Å². The van der Waals surface area contributed by atoms with E-state index in [1.165, 1.54) is 6.20 Å². The lowest BCUT2D eigenvalue weighted by molar-refractivity contribution is 0.102. The van der Waals surface area contributed by atoms with E-state index in [0.29, 0.717) is 22.4 Å². The maximum Gasteiger partial charge on any atom is 0.257 e. The molecular weight excluding hydrogens is 302 g/mol. The molecule has 24 heavy (non-hydrogen) atoms. The molecule has 116 valence electrons. The third-order valence-corrected chi connectivity index (χ3v) is 3.55. The molecule has 0 fully saturated rings. The van der Waals surface area contributed by atoms with Crippen LogP contribution < -0.4 is 10.9 Å². The molecule has 0 saturated heterocycles. The number of hydrogen-bond acceptors (Lipinski definition) is 3. The first-order chi connectivity index (χ1) is 11.7. The average molecular weight is 315 g/mol. The lowest BCUT2D eigenvalue weighted by Crippen LogP contribution is -2.17. The van der Waals surface area contributed by atoms with E-state index in [0.717, 1.165) is 5.56 Å². The summed E-state index contributed by atoms with van der Waals surface area (Å²) in [5.74, 6) is -0.397. The van der Waals surface area contributed by atoms with Gasteiger partial charge in [0.25, 0.3) is 11.5 Å². The van der Waals surface area contributed by atoms with Crippen LogP contribution in [0.3, 0.4) is 0 Å². The molecule has 2 aromatic carbocycles. The van der Waals surface area contributed by atoms with Gasteiger partial charge < -0.3 is 10.3 Å². The number of aromatic nitrogens is 1. The molecule has 0 unspecified atom stereocenters. The van der Waals surface area contributed by atoms with E-state index in [4.69, 9.17) is 5.26 Å². The van der Waals surface area contributed by atoms with E-state index in [1.807, 2.05) is 24.3 Å². The minimum atomic E-state index is -0.397. The zero-order valence-electron chi connectivity index (χ0n) is 12.6. The van der Waals surface area contributed by atoms with Crippen LogP contribution >= 0.6 is 0 Å². The number of nitrogens with zero attached hydrogens (tertiary/aromatic N) is 1. The first-order valence-electron chi connectivity index (χ1n) is 7.27. The summed E-state index contributed by atoms with van der Waals surface area (Å²) in [6, 6.07) is 19.4. The summed E-state index contributed by atoms with van der Waals surface area (Å²) in [5, 5.41) is 11.8. The molecule has 3 aromatic rings. The number of para-hydroxylation sites is 1. The van der Waals surface area contributed by atoms with Gasteiger partial charge in [-0.25, -0.2) is 0 Å². The lowest BCUT2D eigenvalue weighted by atomic mass is 10.1. The maximum absolute atomic E-state index is 12.4. The molecule has 2 N–H and O–H groups in total. The van der Waals surface area contributed by atoms with Crippen molar-refractivity contribution in [3.8, 4) is 17.2 Å². The molecule has 3 rings (SSSR count). The van der Waals surface area contributed by atoms with Crippen molar-refractivity contribution in [2.75, 3.05) is 5.32 Å². The van der Waals surface area contributed by atoms with Crippen molar-refractivity contribution in [1.82, 2.24) is 4.98 Å². The molecule has 0 aliphatic rings. The highest BCUT2D eigenvalue weighted by Gasteiger charge is 2.12. The molecule has 0 radical (unpaired) electrons. The molecule has 5 nitrogen and oxygen atoms in total. The number of aromatic amines is 1. The van der Waals surface area contributed by atoms with E-state index in [1.54, 1.807) is 42.5 Å². The predicted molar refractivity (Wildman–Crippen MR) is 91.6 cm³/mol. The molecule has 0 bridgehead atoms. The van der Waals surface area contributed by atoms with Crippen molar-refractivity contribution in [2.45, 2.75) is 0 Å². The third kappa shape index (κ3) is 3.08. The molecule has 0 aliphatic heterocycles. The molecule has 0 aliphatic carbocycles. The largest absolute Gasteiger partial charge is 0.328 e. The zero-order valence-corrected chi connectivity index (χ0v) is 12.6. The van der Waals surface area contributed by atoms with Gasteiger partial charge in [-0.1, -0.05) is 42.5 Å². The van der Waals surface area contributed by atoms with Crippen LogP contribution in [0.2, 0.25) is 0 Å². The Morgan fingerprint density at radius 1 is 1.04 bits per heavy atom. The summed E-state index contributed by atoms with van der Waals surface area (Å²) >= 11 is 0. The van der Waals surface area contributed by atoms with Gasteiger partial charge in [-0.15, -0.1) is 0 Å². The zero-order chi connectivity index (χ0) is 16.9. The number of nitriles is 1. The predicted octanol–water partition coefficient (Wildman–Crippen LogP) is 3.17. The molecule has 1 aromatic heterocycles. The SMILES string of the molecule is N#Cc1ccccc1NC(=O)c1c[nH]c(=O)c(-c2ccccc2)c1. The van der Waals surface area contributed by atoms with Crippen molar-refractivity contribution in [3.63, 3.8) is 0 Å². The van der Waals surface area contributed by atoms with Crippen molar-refractivity contribution < 1.29 is 4.79 Å². The van der Waals surface area contributed by atoms with E-state index in [-0.39, 0.29) is 5.56 Å². The number of carbonyl (C=O) groups excluding carboxylic acids is 1. The Morgan fingerprint density at radius 2 is 1.75 bits per heavy atom. The fourth-order valence-electron chi connectivity index (χ4n) is 2.33. The van der Waals surface area contributed by atoms with Gasteiger partial charge in [-0.05, 0) is 23.8 Å². The molecule has 0 atom stereocenters. The molecule has 0 saturated carbocycles. The Balaban J connectivity index is 1.94. The monoisotopic (exact) mass is 315 g/mol. The van der Waals surface area contributed by atoms with E-state index < -0.39 is 5.91 Å². The van der Waals surface area contributed by atoms with Crippen LogP contribution in [0.5, 0.6) is 0 Å². The lowest BCUT2D eigenvalue weighted by Gasteiger charge is -2.08. The van der Waals surface area contributed by atoms with E-state index in [2.05, 4.69) is 10.3 Å². The standard InChI is InChI=1S/C19H13N3O2/c20-11-14-8-4-5-9-17(14)22-18(23)15-10-16(19(24)21-12-15)13-6-2-1-3-7-13/h1-10,12H,(H,21,24)(H,22,23). The number of nitrogens with one attached hydrogen (secondary N) is 2. The summed E-state index contributed by atoms with van der Waals surface area (Å²) in [6.45, 7) is 0. The smallest absolute Gasteiger partial charge is 0.257 e. The Morgan fingerprint density at radius 3 is 2.50 bits per heavy atom. The quantitative estimate of drug-likeness (QED) is 0.778. The topological polar surface area (TPSA) is 85.8 Å². The normalized spacial score (nSPS) is 9.96. The molecule has 1 heterocycles. The van der Waals surface area contributed by atoms with Gasteiger partial charge in [0.2, 0.25) is 0 Å². The number of H-pyrrole nitrogens is 1. The van der Waals surface area contributed by atoms with Crippen LogP contribution in [-0.2, 0) is 0 Å². The number of hydrogen-bond donors (Lipinski definition) is 2. The van der Waals surface area contributed by atoms with Crippen LogP contribution in [0.25, 0.3) is 11.1 Å². The summed E-state index contributed by atoms with van der Waals surface area (Å²) in [7, 11) is 0. The number of carbonyl (C=O) groups is 1. The fraction of sp³-hybridized carbons (Fsp3) is 0. The number of benzene rings is 2. The van der Waals surface area contributed by atoms with Gasteiger partial charge in [-0.3, -0.25) is 9.59 Å². The van der Waals surface area contributed by atoms with Crippen molar-refractivity contribution in [3.05, 3.63) is 88.3 Å². The molecular formula is C19H13N3O2. The Hall–Kier alpha value is -3.65. The van der Waals surface area contributed by atoms with Crippen LogP contribution in [-0.4, -0.2) is 10.9 Å². The minimum Gasteiger partial charge on any atom is -0.328 e. The second kappa shape index (κ2) is 6.63. The van der Waals surface area contributed by atoms with Gasteiger partial charge in [0.1, 0.15) is 6.07 Å². The highest BCUT2D eigenvalue weighted by Crippen LogP contribution is 2.18. The maximum atomic E-state index is 12.4. The van der Waals surface area contributed by atoms with Gasteiger partial charge in [-0.2, -0.15) is 5.26 Å². The second-order valence-corrected chi connectivity index (χ2v) is 5.11. The summed E-state index contributed by atoms with van der Waals surface area (Å²) in [5.41, 5.74) is 1.98. The summed E-state index contributed by atoms with van der Waals surface area (Å²) in [4.78, 5) is 27.0. The minimum absolute atomic E-state index is 0.268. The molecule has 5 heteroatoms. The summed E-state index contributed by atoms with van der Waals surface area (Å²) < 4.78 is 0. The third-order valence-electron chi connectivity index (χ3n) is 3.55. The molecule has 0 spiro atoms.